The van der Waals surface area contributed by atoms with Crippen LogP contribution in [0.2, 0.25) is 0 Å². The highest BCUT2D eigenvalue weighted by Crippen LogP contribution is 2.29. The van der Waals surface area contributed by atoms with Crippen LogP contribution in [-0.2, 0) is 0 Å². The maximum absolute atomic E-state index is 12.1. The molecule has 0 spiro atoms. The fourth-order valence-electron chi connectivity index (χ4n) is 2.89. The van der Waals surface area contributed by atoms with Crippen molar-refractivity contribution in [1.82, 2.24) is 29.9 Å². The molecule has 4 aromatic rings. The minimum absolute atomic E-state index is 0.314. The Morgan fingerprint density at radius 3 is 2.84 bits per heavy atom. The number of methoxy groups -OCH3 is 2. The molecule has 32 heavy (non-hydrogen) atoms. The summed E-state index contributed by atoms with van der Waals surface area (Å²) in [6, 6.07) is 8.57. The van der Waals surface area contributed by atoms with Gasteiger partial charge in [-0.05, 0) is 30.3 Å². The van der Waals surface area contributed by atoms with Gasteiger partial charge in [-0.1, -0.05) is 0 Å². The molecule has 0 saturated carbocycles. The van der Waals surface area contributed by atoms with Crippen molar-refractivity contribution >= 4 is 17.5 Å². The maximum atomic E-state index is 12.1. The number of amides is 2. The largest absolute Gasteiger partial charge is 0.491 e. The summed E-state index contributed by atoms with van der Waals surface area (Å²) < 4.78 is 17.5. The second-order valence-corrected chi connectivity index (χ2v) is 6.50. The highest BCUT2D eigenvalue weighted by Gasteiger charge is 2.11. The van der Waals surface area contributed by atoms with Gasteiger partial charge in [0.2, 0.25) is 0 Å². The highest BCUT2D eigenvalue weighted by atomic mass is 16.5. The van der Waals surface area contributed by atoms with E-state index in [9.17, 15) is 4.79 Å². The third kappa shape index (κ3) is 4.83. The van der Waals surface area contributed by atoms with Gasteiger partial charge in [-0.3, -0.25) is 10.3 Å². The van der Waals surface area contributed by atoms with Gasteiger partial charge in [0.15, 0.2) is 17.2 Å². The molecule has 2 amide bonds. The van der Waals surface area contributed by atoms with Gasteiger partial charge in [-0.25, -0.2) is 19.3 Å². The van der Waals surface area contributed by atoms with Crippen LogP contribution in [0.4, 0.5) is 10.6 Å². The van der Waals surface area contributed by atoms with Crippen molar-refractivity contribution in [2.75, 3.05) is 32.7 Å². The van der Waals surface area contributed by atoms with Gasteiger partial charge >= 0.3 is 6.03 Å². The monoisotopic (exact) mass is 435 g/mol. The average molecular weight is 435 g/mol. The van der Waals surface area contributed by atoms with Crippen LogP contribution in [0.25, 0.3) is 16.9 Å². The van der Waals surface area contributed by atoms with E-state index in [1.165, 1.54) is 7.11 Å². The maximum Gasteiger partial charge on any atom is 0.320 e. The second-order valence-electron chi connectivity index (χ2n) is 6.50. The predicted molar refractivity (Wildman–Crippen MR) is 116 cm³/mol. The van der Waals surface area contributed by atoms with E-state index in [1.807, 2.05) is 6.07 Å². The molecular weight excluding hydrogens is 414 g/mol. The summed E-state index contributed by atoms with van der Waals surface area (Å²) in [5.74, 6) is 1.90. The third-order valence-corrected chi connectivity index (χ3v) is 4.38. The van der Waals surface area contributed by atoms with Crippen molar-refractivity contribution in [1.29, 1.82) is 0 Å². The number of hydrogen-bond acceptors (Lipinski definition) is 8. The Morgan fingerprint density at radius 1 is 1.16 bits per heavy atom. The molecule has 4 rings (SSSR count). The van der Waals surface area contributed by atoms with Gasteiger partial charge < -0.3 is 19.5 Å². The number of anilines is 1. The number of pyridine rings is 2. The Hall–Kier alpha value is -4.41. The Kier molecular flexibility index (Phi) is 6.25. The SMILES string of the molecule is COc1cc(-c2ccc3nc(NC(=O)NCCOc4cccnc4)cn3n2)cnc1OC. The minimum Gasteiger partial charge on any atom is -0.491 e. The lowest BCUT2D eigenvalue weighted by Crippen LogP contribution is -2.32. The lowest BCUT2D eigenvalue weighted by atomic mass is 10.2. The molecule has 4 heterocycles. The zero-order valence-corrected chi connectivity index (χ0v) is 17.5. The first-order valence-electron chi connectivity index (χ1n) is 9.69. The Morgan fingerprint density at radius 2 is 2.06 bits per heavy atom. The number of nitrogens with one attached hydrogen (secondary N) is 2. The molecule has 164 valence electrons. The fourth-order valence-corrected chi connectivity index (χ4v) is 2.89. The van der Waals surface area contributed by atoms with Gasteiger partial charge in [0.25, 0.3) is 5.88 Å². The molecule has 11 heteroatoms. The van der Waals surface area contributed by atoms with Crippen LogP contribution in [0, 0.1) is 0 Å². The van der Waals surface area contributed by atoms with E-state index in [0.29, 0.717) is 47.7 Å². The molecule has 0 aliphatic carbocycles. The number of aromatic nitrogens is 5. The van der Waals surface area contributed by atoms with Crippen LogP contribution >= 0.6 is 0 Å². The second kappa shape index (κ2) is 9.60. The summed E-state index contributed by atoms with van der Waals surface area (Å²) in [4.78, 5) is 24.7. The van der Waals surface area contributed by atoms with Crippen LogP contribution < -0.4 is 24.8 Å². The van der Waals surface area contributed by atoms with Crippen LogP contribution in [-0.4, -0.2) is 58.0 Å². The quantitative estimate of drug-likeness (QED) is 0.404. The molecular formula is C21H21N7O4. The number of urea groups is 1. The van der Waals surface area contributed by atoms with Gasteiger partial charge in [0, 0.05) is 18.0 Å². The topological polar surface area (TPSA) is 125 Å². The summed E-state index contributed by atoms with van der Waals surface area (Å²) in [5.41, 5.74) is 1.99. The molecule has 0 fully saturated rings. The zero-order chi connectivity index (χ0) is 22.3. The summed E-state index contributed by atoms with van der Waals surface area (Å²) in [6.45, 7) is 0.636. The number of rotatable bonds is 8. The molecule has 0 unspecified atom stereocenters. The van der Waals surface area contributed by atoms with E-state index in [0.717, 1.165) is 5.56 Å². The summed E-state index contributed by atoms with van der Waals surface area (Å²) in [6.07, 6.45) is 6.54. The van der Waals surface area contributed by atoms with E-state index in [2.05, 4.69) is 30.7 Å². The number of imidazole rings is 1. The Labute approximate surface area is 183 Å². The molecule has 4 aromatic heterocycles. The van der Waals surface area contributed by atoms with E-state index in [4.69, 9.17) is 14.2 Å². The smallest absolute Gasteiger partial charge is 0.320 e. The first-order chi connectivity index (χ1) is 15.7. The molecule has 0 atom stereocenters. The van der Waals surface area contributed by atoms with Crippen molar-refractivity contribution in [2.45, 2.75) is 0 Å². The number of hydrogen-bond donors (Lipinski definition) is 2. The van der Waals surface area contributed by atoms with Crippen molar-refractivity contribution in [3.05, 3.63) is 55.1 Å². The molecule has 11 nitrogen and oxygen atoms in total. The van der Waals surface area contributed by atoms with Gasteiger partial charge in [0.1, 0.15) is 12.4 Å². The minimum atomic E-state index is -0.396. The standard InChI is InChI=1S/C21H21N7O4/c1-30-17-10-14(11-24-20(17)31-2)16-5-6-19-25-18(13-28(19)27-16)26-21(29)23-8-9-32-15-4-3-7-22-12-15/h3-7,10-13H,8-9H2,1-2H3,(H2,23,26,29). The number of nitrogens with zero attached hydrogens (tertiary/aromatic N) is 5. The highest BCUT2D eigenvalue weighted by molar-refractivity contribution is 5.88. The summed E-state index contributed by atoms with van der Waals surface area (Å²) >= 11 is 0. The summed E-state index contributed by atoms with van der Waals surface area (Å²) in [7, 11) is 3.07. The van der Waals surface area contributed by atoms with Crippen LogP contribution in [0.15, 0.2) is 55.1 Å². The van der Waals surface area contributed by atoms with Gasteiger partial charge in [0.05, 0.1) is 38.9 Å². The molecule has 0 aromatic carbocycles. The first-order valence-corrected chi connectivity index (χ1v) is 9.69. The van der Waals surface area contributed by atoms with Gasteiger partial charge in [-0.2, -0.15) is 5.10 Å². The fraction of sp³-hybridized carbons (Fsp3) is 0.190. The van der Waals surface area contributed by atoms with Crippen LogP contribution in [0.1, 0.15) is 0 Å². The lowest BCUT2D eigenvalue weighted by Gasteiger charge is -2.08. The average Bonchev–Trinajstić information content (AvgIpc) is 3.23. The van der Waals surface area contributed by atoms with Crippen molar-refractivity contribution in [3.63, 3.8) is 0 Å². The number of carbonyl (C=O) groups is 1. The van der Waals surface area contributed by atoms with E-state index in [1.54, 1.807) is 60.7 Å². The molecule has 0 radical (unpaired) electrons. The molecule has 0 aliphatic heterocycles. The molecule has 2 N–H and O–H groups in total. The number of fused-ring (bicyclic) bond motifs is 1. The Bertz CT molecular complexity index is 1210. The molecule has 0 aliphatic rings. The third-order valence-electron chi connectivity index (χ3n) is 4.38. The van der Waals surface area contributed by atoms with Gasteiger partial charge in [-0.15, -0.1) is 0 Å². The van der Waals surface area contributed by atoms with E-state index < -0.39 is 6.03 Å². The van der Waals surface area contributed by atoms with Crippen molar-refractivity contribution < 1.29 is 19.0 Å². The normalized spacial score (nSPS) is 10.6. The molecule has 0 bridgehead atoms. The van der Waals surface area contributed by atoms with Crippen molar-refractivity contribution in [2.24, 2.45) is 0 Å². The molecule has 0 saturated heterocycles. The number of ether oxygens (including phenoxy) is 3. The lowest BCUT2D eigenvalue weighted by molar-refractivity contribution is 0.247. The van der Waals surface area contributed by atoms with E-state index in [-0.39, 0.29) is 0 Å². The number of carbonyl (C=O) groups excluding carboxylic acids is 1. The summed E-state index contributed by atoms with van der Waals surface area (Å²) in [5, 5.41) is 9.92. The van der Waals surface area contributed by atoms with Crippen LogP contribution in [0.3, 0.4) is 0 Å². The predicted octanol–water partition coefficient (Wildman–Crippen LogP) is 2.40. The van der Waals surface area contributed by atoms with Crippen LogP contribution in [0.5, 0.6) is 17.4 Å². The Balaban J connectivity index is 1.38. The van der Waals surface area contributed by atoms with Crippen molar-refractivity contribution in [3.8, 4) is 28.6 Å². The van der Waals surface area contributed by atoms with E-state index >= 15 is 0 Å². The first kappa shape index (κ1) is 20.8. The zero-order valence-electron chi connectivity index (χ0n) is 17.5.